The summed E-state index contributed by atoms with van der Waals surface area (Å²) in [7, 11) is 0. The van der Waals surface area contributed by atoms with Crippen molar-refractivity contribution in [3.63, 3.8) is 0 Å². The molecule has 2 aromatic rings. The summed E-state index contributed by atoms with van der Waals surface area (Å²) < 4.78 is 11.7. The molecule has 2 heterocycles. The third kappa shape index (κ3) is 2.27. The Morgan fingerprint density at radius 2 is 2.05 bits per heavy atom. The Morgan fingerprint density at radius 3 is 2.70 bits per heavy atom. The number of nitrogens with zero attached hydrogens (tertiary/aromatic N) is 1. The van der Waals surface area contributed by atoms with Crippen LogP contribution in [0.2, 0.25) is 0 Å². The lowest BCUT2D eigenvalue weighted by atomic mass is 9.98. The number of hydrogen-bond donors (Lipinski definition) is 1. The minimum absolute atomic E-state index is 0.00932. The molecule has 0 amide bonds. The molecule has 6 heteroatoms. The lowest BCUT2D eigenvalue weighted by Gasteiger charge is -2.13. The molecule has 4 nitrogen and oxygen atoms in total. The summed E-state index contributed by atoms with van der Waals surface area (Å²) in [6.07, 6.45) is 0. The smallest absolute Gasteiger partial charge is 0.231 e. The number of thiazole rings is 1. The van der Waals surface area contributed by atoms with Crippen molar-refractivity contribution in [2.24, 2.45) is 0 Å². The molecule has 0 unspecified atom stereocenters. The maximum atomic E-state index is 6.13. The van der Waals surface area contributed by atoms with Crippen molar-refractivity contribution < 1.29 is 9.47 Å². The molecule has 1 aliphatic heterocycles. The van der Waals surface area contributed by atoms with E-state index in [4.69, 9.17) is 20.2 Å². The average Bonchev–Trinajstić information content (AvgIpc) is 2.94. The highest BCUT2D eigenvalue weighted by atomic mass is 79.9. The van der Waals surface area contributed by atoms with Crippen molar-refractivity contribution in [3.8, 4) is 22.8 Å². The van der Waals surface area contributed by atoms with E-state index < -0.39 is 0 Å². The Kier molecular flexibility index (Phi) is 3.17. The maximum Gasteiger partial charge on any atom is 0.231 e. The van der Waals surface area contributed by atoms with E-state index in [0.717, 1.165) is 37.2 Å². The molecular formula is C14H15BrN2O2S. The number of benzene rings is 1. The Labute approximate surface area is 130 Å². The van der Waals surface area contributed by atoms with E-state index in [1.807, 2.05) is 12.1 Å². The molecule has 1 aromatic carbocycles. The number of ether oxygens (including phenoxy) is 2. The summed E-state index contributed by atoms with van der Waals surface area (Å²) in [5, 5.41) is 1.75. The fourth-order valence-electron chi connectivity index (χ4n) is 1.96. The lowest BCUT2D eigenvalue weighted by molar-refractivity contribution is 0.173. The third-order valence-corrected chi connectivity index (χ3v) is 4.89. The topological polar surface area (TPSA) is 57.4 Å². The van der Waals surface area contributed by atoms with E-state index in [1.165, 1.54) is 11.3 Å². The first kappa shape index (κ1) is 13.7. The minimum atomic E-state index is -0.00932. The van der Waals surface area contributed by atoms with Gasteiger partial charge in [0.1, 0.15) is 15.7 Å². The first-order valence-electron chi connectivity index (χ1n) is 6.22. The number of halogens is 1. The average molecular weight is 355 g/mol. The van der Waals surface area contributed by atoms with Gasteiger partial charge >= 0.3 is 0 Å². The van der Waals surface area contributed by atoms with Crippen LogP contribution in [0.15, 0.2) is 16.6 Å². The van der Waals surface area contributed by atoms with Crippen molar-refractivity contribution in [2.45, 2.75) is 26.2 Å². The summed E-state index contributed by atoms with van der Waals surface area (Å²) in [5.41, 5.74) is 7.86. The Bertz CT molecular complexity index is 677. The maximum absolute atomic E-state index is 6.13. The van der Waals surface area contributed by atoms with Crippen LogP contribution in [0, 0.1) is 0 Å². The normalized spacial score (nSPS) is 13.8. The zero-order valence-corrected chi connectivity index (χ0v) is 13.9. The summed E-state index contributed by atoms with van der Waals surface area (Å²) in [5.74, 6) is 1.46. The van der Waals surface area contributed by atoms with Gasteiger partial charge in [0.25, 0.3) is 0 Å². The van der Waals surface area contributed by atoms with Crippen molar-refractivity contribution in [3.05, 3.63) is 21.6 Å². The molecule has 0 saturated heterocycles. The second kappa shape index (κ2) is 4.63. The molecule has 20 heavy (non-hydrogen) atoms. The van der Waals surface area contributed by atoms with Gasteiger partial charge in [0.15, 0.2) is 11.5 Å². The number of nitrogen functional groups attached to an aromatic ring is 1. The van der Waals surface area contributed by atoms with Crippen molar-refractivity contribution in [2.75, 3.05) is 12.5 Å². The quantitative estimate of drug-likeness (QED) is 0.834. The number of nitrogens with two attached hydrogens (primary N) is 1. The molecule has 0 fully saturated rings. The largest absolute Gasteiger partial charge is 0.454 e. The second-order valence-electron chi connectivity index (χ2n) is 5.67. The van der Waals surface area contributed by atoms with Crippen molar-refractivity contribution in [1.82, 2.24) is 4.98 Å². The second-order valence-corrected chi connectivity index (χ2v) is 7.56. The van der Waals surface area contributed by atoms with E-state index in [2.05, 4.69) is 36.7 Å². The van der Waals surface area contributed by atoms with Crippen LogP contribution in [0.25, 0.3) is 11.3 Å². The first-order chi connectivity index (χ1) is 9.36. The van der Waals surface area contributed by atoms with Gasteiger partial charge in [-0.3, -0.25) is 0 Å². The summed E-state index contributed by atoms with van der Waals surface area (Å²) in [4.78, 5) is 4.69. The lowest BCUT2D eigenvalue weighted by Crippen LogP contribution is -2.10. The van der Waals surface area contributed by atoms with E-state index in [9.17, 15) is 0 Å². The van der Waals surface area contributed by atoms with Gasteiger partial charge in [-0.15, -0.1) is 11.3 Å². The number of hydrogen-bond acceptors (Lipinski definition) is 5. The Balaban J connectivity index is 2.10. The van der Waals surface area contributed by atoms with Gasteiger partial charge in [0.2, 0.25) is 6.79 Å². The number of anilines is 1. The van der Waals surface area contributed by atoms with Crippen LogP contribution in [-0.2, 0) is 5.41 Å². The van der Waals surface area contributed by atoms with E-state index in [0.29, 0.717) is 0 Å². The van der Waals surface area contributed by atoms with Crippen LogP contribution in [-0.4, -0.2) is 11.8 Å². The molecule has 1 aliphatic rings. The van der Waals surface area contributed by atoms with E-state index in [-0.39, 0.29) is 12.2 Å². The molecule has 1 aromatic heterocycles. The molecule has 0 saturated carbocycles. The first-order valence-corrected chi connectivity index (χ1v) is 7.83. The molecule has 2 N–H and O–H groups in total. The SMILES string of the molecule is CC(C)(C)c1nc(-c2cc(Br)c3c(c2)OCO3)c(N)s1. The molecule has 0 aliphatic carbocycles. The molecule has 0 radical (unpaired) electrons. The van der Waals surface area contributed by atoms with Crippen LogP contribution in [0.5, 0.6) is 11.5 Å². The van der Waals surface area contributed by atoms with E-state index >= 15 is 0 Å². The van der Waals surface area contributed by atoms with Gasteiger partial charge in [-0.25, -0.2) is 4.98 Å². The zero-order chi connectivity index (χ0) is 14.5. The highest BCUT2D eigenvalue weighted by Crippen LogP contribution is 2.44. The molecule has 0 atom stereocenters. The molecular weight excluding hydrogens is 340 g/mol. The summed E-state index contributed by atoms with van der Waals surface area (Å²) in [6.45, 7) is 6.64. The van der Waals surface area contributed by atoms with Crippen LogP contribution < -0.4 is 15.2 Å². The van der Waals surface area contributed by atoms with Gasteiger partial charge in [-0.2, -0.15) is 0 Å². The number of rotatable bonds is 1. The van der Waals surface area contributed by atoms with Gasteiger partial charge in [0.05, 0.1) is 4.47 Å². The molecule has 0 spiro atoms. The predicted molar refractivity (Wildman–Crippen MR) is 84.5 cm³/mol. The van der Waals surface area contributed by atoms with Gasteiger partial charge < -0.3 is 15.2 Å². The van der Waals surface area contributed by atoms with E-state index in [1.54, 1.807) is 0 Å². The zero-order valence-electron chi connectivity index (χ0n) is 11.5. The summed E-state index contributed by atoms with van der Waals surface area (Å²) in [6, 6.07) is 3.89. The van der Waals surface area contributed by atoms with Crippen LogP contribution >= 0.6 is 27.3 Å². The van der Waals surface area contributed by atoms with Crippen LogP contribution in [0.4, 0.5) is 5.00 Å². The van der Waals surface area contributed by atoms with Gasteiger partial charge in [-0.1, -0.05) is 20.8 Å². The predicted octanol–water partition coefficient (Wildman–Crippen LogP) is 4.18. The van der Waals surface area contributed by atoms with Gasteiger partial charge in [-0.05, 0) is 28.1 Å². The standard InChI is InChI=1S/C14H15BrN2O2S/c1-14(2,3)13-17-10(12(16)20-13)7-4-8(15)11-9(5-7)18-6-19-11/h4-5H,6,16H2,1-3H3. The minimum Gasteiger partial charge on any atom is -0.454 e. The Hall–Kier alpha value is -1.27. The molecule has 106 valence electrons. The fraction of sp³-hybridized carbons (Fsp3) is 0.357. The Morgan fingerprint density at radius 1 is 1.30 bits per heavy atom. The molecule has 0 bridgehead atoms. The monoisotopic (exact) mass is 354 g/mol. The number of aromatic nitrogens is 1. The van der Waals surface area contributed by atoms with Gasteiger partial charge in [0, 0.05) is 11.0 Å². The van der Waals surface area contributed by atoms with Crippen LogP contribution in [0.1, 0.15) is 25.8 Å². The summed E-state index contributed by atoms with van der Waals surface area (Å²) >= 11 is 5.03. The fourth-order valence-corrected chi connectivity index (χ4v) is 3.43. The van der Waals surface area contributed by atoms with Crippen molar-refractivity contribution >= 4 is 32.3 Å². The number of fused-ring (bicyclic) bond motifs is 1. The highest BCUT2D eigenvalue weighted by Gasteiger charge is 2.24. The third-order valence-electron chi connectivity index (χ3n) is 3.00. The van der Waals surface area contributed by atoms with Crippen molar-refractivity contribution in [1.29, 1.82) is 0 Å². The highest BCUT2D eigenvalue weighted by molar-refractivity contribution is 9.10. The van der Waals surface area contributed by atoms with Crippen LogP contribution in [0.3, 0.4) is 0 Å². The molecule has 3 rings (SSSR count).